The summed E-state index contributed by atoms with van der Waals surface area (Å²) in [6.45, 7) is 6.26. The molecule has 0 radical (unpaired) electrons. The summed E-state index contributed by atoms with van der Waals surface area (Å²) >= 11 is 6.17. The number of halogens is 1. The van der Waals surface area contributed by atoms with Crippen LogP contribution in [0.2, 0.25) is 5.02 Å². The third-order valence-corrected chi connectivity index (χ3v) is 9.68. The minimum Gasteiger partial charge on any atom is -0.493 e. The summed E-state index contributed by atoms with van der Waals surface area (Å²) < 4.78 is 35.0. The highest BCUT2D eigenvalue weighted by Crippen LogP contribution is 2.38. The SMILES string of the molecule is Cc1cc(OC[C@@]2(CC(=O)N3CCCCC3)CCCN(S(=O)(=O)c3ccccc3C)C2)ccc1Cl. The monoisotopic (exact) mass is 518 g/mol. The van der Waals surface area contributed by atoms with Crippen molar-refractivity contribution in [1.29, 1.82) is 0 Å². The number of carbonyl (C=O) groups is 1. The minimum absolute atomic E-state index is 0.0933. The van der Waals surface area contributed by atoms with Crippen LogP contribution in [0.3, 0.4) is 0 Å². The van der Waals surface area contributed by atoms with Crippen LogP contribution in [0.4, 0.5) is 0 Å². The standard InChI is InChI=1S/C27H35ClN2O4S/c1-21-9-4-5-10-25(21)35(32,33)30-16-8-13-27(19-30,18-26(31)29-14-6-3-7-15-29)20-34-23-11-12-24(28)22(2)17-23/h4-5,9-12,17H,3,6-8,13-16,18-20H2,1-2H3/t27-/m1/s1. The summed E-state index contributed by atoms with van der Waals surface area (Å²) in [4.78, 5) is 15.6. The first-order chi connectivity index (χ1) is 16.7. The van der Waals surface area contributed by atoms with Crippen LogP contribution in [0.25, 0.3) is 0 Å². The fourth-order valence-electron chi connectivity index (χ4n) is 5.19. The highest BCUT2D eigenvalue weighted by Gasteiger charge is 2.43. The molecule has 0 aromatic heterocycles. The van der Waals surface area contributed by atoms with Crippen molar-refractivity contribution in [3.63, 3.8) is 0 Å². The summed E-state index contributed by atoms with van der Waals surface area (Å²) in [5, 5.41) is 0.667. The van der Waals surface area contributed by atoms with E-state index in [-0.39, 0.29) is 25.5 Å². The van der Waals surface area contributed by atoms with Gasteiger partial charge in [0.05, 0.1) is 11.5 Å². The van der Waals surface area contributed by atoms with Crippen molar-refractivity contribution in [1.82, 2.24) is 9.21 Å². The lowest BCUT2D eigenvalue weighted by Gasteiger charge is -2.42. The Kier molecular flexibility index (Phi) is 8.09. The van der Waals surface area contributed by atoms with E-state index in [2.05, 4.69) is 0 Å². The van der Waals surface area contributed by atoms with E-state index in [1.165, 1.54) is 0 Å². The highest BCUT2D eigenvalue weighted by atomic mass is 35.5. The van der Waals surface area contributed by atoms with Crippen molar-refractivity contribution in [2.75, 3.05) is 32.8 Å². The number of nitrogens with zero attached hydrogens (tertiary/aromatic N) is 2. The number of rotatable bonds is 7. The molecule has 35 heavy (non-hydrogen) atoms. The smallest absolute Gasteiger partial charge is 0.243 e. The van der Waals surface area contributed by atoms with Gasteiger partial charge in [-0.25, -0.2) is 8.42 Å². The number of piperidine rings is 2. The highest BCUT2D eigenvalue weighted by molar-refractivity contribution is 7.89. The van der Waals surface area contributed by atoms with Gasteiger partial charge in [0.15, 0.2) is 0 Å². The van der Waals surface area contributed by atoms with E-state index in [1.807, 2.05) is 43.0 Å². The van der Waals surface area contributed by atoms with Gasteiger partial charge in [-0.15, -0.1) is 0 Å². The van der Waals surface area contributed by atoms with E-state index in [0.717, 1.165) is 49.9 Å². The molecule has 0 bridgehead atoms. The Morgan fingerprint density at radius 3 is 2.46 bits per heavy atom. The Balaban J connectivity index is 1.60. The fraction of sp³-hybridized carbons (Fsp3) is 0.519. The van der Waals surface area contributed by atoms with Gasteiger partial charge in [-0.05, 0) is 81.3 Å². The summed E-state index contributed by atoms with van der Waals surface area (Å²) in [6.07, 6.45) is 4.89. The van der Waals surface area contributed by atoms with Crippen LogP contribution in [-0.2, 0) is 14.8 Å². The van der Waals surface area contributed by atoms with Crippen LogP contribution in [0, 0.1) is 19.3 Å². The first kappa shape index (κ1) is 26.0. The Labute approximate surface area is 214 Å². The summed E-state index contributed by atoms with van der Waals surface area (Å²) in [7, 11) is -3.68. The second-order valence-corrected chi connectivity index (χ2v) is 12.3. The van der Waals surface area contributed by atoms with Crippen LogP contribution < -0.4 is 4.74 Å². The predicted octanol–water partition coefficient (Wildman–Crippen LogP) is 5.21. The quantitative estimate of drug-likeness (QED) is 0.504. The van der Waals surface area contributed by atoms with Gasteiger partial charge in [0, 0.05) is 43.0 Å². The van der Waals surface area contributed by atoms with Gasteiger partial charge >= 0.3 is 0 Å². The number of aryl methyl sites for hydroxylation is 2. The first-order valence-corrected chi connectivity index (χ1v) is 14.2. The lowest BCUT2D eigenvalue weighted by Crippen LogP contribution is -2.51. The van der Waals surface area contributed by atoms with E-state index < -0.39 is 15.4 Å². The predicted molar refractivity (Wildman–Crippen MR) is 138 cm³/mol. The minimum atomic E-state index is -3.68. The lowest BCUT2D eigenvalue weighted by atomic mass is 9.78. The van der Waals surface area contributed by atoms with E-state index in [9.17, 15) is 13.2 Å². The van der Waals surface area contributed by atoms with Crippen LogP contribution >= 0.6 is 11.6 Å². The number of ether oxygens (including phenoxy) is 1. The molecule has 0 aliphatic carbocycles. The summed E-state index contributed by atoms with van der Waals surface area (Å²) in [6, 6.07) is 12.6. The van der Waals surface area contributed by atoms with Gasteiger partial charge in [0.1, 0.15) is 5.75 Å². The van der Waals surface area contributed by atoms with Gasteiger partial charge in [0.25, 0.3) is 0 Å². The fourth-order valence-corrected chi connectivity index (χ4v) is 7.12. The van der Waals surface area contributed by atoms with Gasteiger partial charge in [-0.2, -0.15) is 4.31 Å². The number of likely N-dealkylation sites (tertiary alicyclic amines) is 1. The summed E-state index contributed by atoms with van der Waals surface area (Å²) in [5.41, 5.74) is 1.03. The van der Waals surface area contributed by atoms with Gasteiger partial charge in [-0.1, -0.05) is 29.8 Å². The number of sulfonamides is 1. The third kappa shape index (κ3) is 6.01. The maximum absolute atomic E-state index is 13.6. The van der Waals surface area contributed by atoms with Crippen molar-refractivity contribution >= 4 is 27.5 Å². The zero-order valence-electron chi connectivity index (χ0n) is 20.6. The second-order valence-electron chi connectivity index (χ2n) is 10.0. The topological polar surface area (TPSA) is 66.9 Å². The van der Waals surface area contributed by atoms with Crippen LogP contribution in [0.1, 0.15) is 49.7 Å². The van der Waals surface area contributed by atoms with Crippen molar-refractivity contribution in [3.05, 3.63) is 58.6 Å². The molecule has 6 nitrogen and oxygen atoms in total. The Morgan fingerprint density at radius 2 is 1.74 bits per heavy atom. The van der Waals surface area contributed by atoms with Crippen molar-refractivity contribution in [2.45, 2.75) is 57.3 Å². The molecule has 8 heteroatoms. The van der Waals surface area contributed by atoms with Gasteiger partial charge in [0.2, 0.25) is 15.9 Å². The van der Waals surface area contributed by atoms with Crippen LogP contribution in [-0.4, -0.2) is 56.3 Å². The Morgan fingerprint density at radius 1 is 1.00 bits per heavy atom. The van der Waals surface area contributed by atoms with Gasteiger partial charge in [-0.3, -0.25) is 4.79 Å². The lowest BCUT2D eigenvalue weighted by molar-refractivity contribution is -0.136. The zero-order valence-corrected chi connectivity index (χ0v) is 22.2. The van der Waals surface area contributed by atoms with Crippen LogP contribution in [0.5, 0.6) is 5.75 Å². The molecule has 2 saturated heterocycles. The zero-order chi connectivity index (χ0) is 25.1. The van der Waals surface area contributed by atoms with E-state index in [0.29, 0.717) is 28.6 Å². The molecule has 2 aliphatic heterocycles. The van der Waals surface area contributed by atoms with E-state index in [1.54, 1.807) is 22.5 Å². The third-order valence-electron chi connectivity index (χ3n) is 7.25. The number of amides is 1. The molecule has 0 N–H and O–H groups in total. The average Bonchev–Trinajstić information content (AvgIpc) is 2.85. The number of carbonyl (C=O) groups excluding carboxylic acids is 1. The first-order valence-electron chi connectivity index (χ1n) is 12.4. The van der Waals surface area contributed by atoms with E-state index >= 15 is 0 Å². The summed E-state index contributed by atoms with van der Waals surface area (Å²) in [5.74, 6) is 0.770. The number of hydrogen-bond acceptors (Lipinski definition) is 4. The molecule has 2 aliphatic rings. The van der Waals surface area contributed by atoms with Crippen molar-refractivity contribution in [2.24, 2.45) is 5.41 Å². The Bertz CT molecular complexity index is 1160. The molecule has 2 fully saturated rings. The normalized spacial score (nSPS) is 21.6. The largest absolute Gasteiger partial charge is 0.493 e. The molecule has 190 valence electrons. The van der Waals surface area contributed by atoms with Crippen molar-refractivity contribution < 1.29 is 17.9 Å². The number of benzene rings is 2. The molecule has 2 aromatic carbocycles. The van der Waals surface area contributed by atoms with Gasteiger partial charge < -0.3 is 9.64 Å². The molecule has 4 rings (SSSR count). The molecule has 1 atom stereocenters. The molecule has 0 spiro atoms. The maximum atomic E-state index is 13.6. The van der Waals surface area contributed by atoms with E-state index in [4.69, 9.17) is 16.3 Å². The second kappa shape index (κ2) is 10.9. The molecule has 0 saturated carbocycles. The molecule has 0 unspecified atom stereocenters. The van der Waals surface area contributed by atoms with Crippen molar-refractivity contribution in [3.8, 4) is 5.75 Å². The molecule has 1 amide bonds. The maximum Gasteiger partial charge on any atom is 0.243 e. The molecule has 2 heterocycles. The van der Waals surface area contributed by atoms with Crippen LogP contribution in [0.15, 0.2) is 47.4 Å². The molecular weight excluding hydrogens is 484 g/mol. The molecular formula is C27H35ClN2O4S. The average molecular weight is 519 g/mol. The number of hydrogen-bond donors (Lipinski definition) is 0. The molecule has 2 aromatic rings. The Hall–Kier alpha value is -2.09.